The van der Waals surface area contributed by atoms with Gasteiger partial charge in [-0.1, -0.05) is 23.7 Å². The molecule has 4 N–H and O–H groups in total. The Balaban J connectivity index is 1.22. The van der Waals surface area contributed by atoms with E-state index in [1.165, 1.54) is 18.5 Å². The average molecular weight is 579 g/mol. The van der Waals surface area contributed by atoms with E-state index < -0.39 is 27.3 Å². The monoisotopic (exact) mass is 578 g/mol. The third-order valence-corrected chi connectivity index (χ3v) is 7.83. The van der Waals surface area contributed by atoms with Crippen LogP contribution in [0.3, 0.4) is 0 Å². The number of nitrogens with zero attached hydrogens (tertiary/aromatic N) is 2. The van der Waals surface area contributed by atoms with Crippen molar-refractivity contribution in [2.45, 2.75) is 25.4 Å². The molecular weight excluding hydrogens is 551 g/mol. The molecule has 0 atom stereocenters. The van der Waals surface area contributed by atoms with Crippen LogP contribution in [-0.2, 0) is 23.6 Å². The molecule has 1 aromatic heterocycles. The van der Waals surface area contributed by atoms with Gasteiger partial charge in [-0.05, 0) is 48.6 Å². The lowest BCUT2D eigenvalue weighted by Crippen LogP contribution is -2.51. The van der Waals surface area contributed by atoms with Gasteiger partial charge in [0, 0.05) is 31.4 Å². The second kappa shape index (κ2) is 12.0. The Morgan fingerprint density at radius 2 is 1.92 bits per heavy atom. The van der Waals surface area contributed by atoms with Crippen LogP contribution in [0.15, 0.2) is 48.9 Å². The van der Waals surface area contributed by atoms with Gasteiger partial charge >= 0.3 is 6.03 Å². The summed E-state index contributed by atoms with van der Waals surface area (Å²) in [6, 6.07) is 9.35. The zero-order valence-corrected chi connectivity index (χ0v) is 22.8. The second-order valence-electron chi connectivity index (χ2n) is 9.29. The van der Waals surface area contributed by atoms with Gasteiger partial charge in [0.2, 0.25) is 10.0 Å². The fourth-order valence-corrected chi connectivity index (χ4v) is 5.60. The van der Waals surface area contributed by atoms with E-state index in [0.29, 0.717) is 30.6 Å². The lowest BCUT2D eigenvalue weighted by atomic mass is 9.82. The number of methoxy groups -OCH3 is 1. The first-order valence-electron chi connectivity index (χ1n) is 12.0. The molecule has 1 aliphatic carbocycles. The Morgan fingerprint density at radius 3 is 2.56 bits per heavy atom. The molecule has 1 fully saturated rings. The first kappa shape index (κ1) is 28.3. The van der Waals surface area contributed by atoms with Gasteiger partial charge in [0.1, 0.15) is 5.75 Å². The van der Waals surface area contributed by atoms with Crippen LogP contribution in [0.2, 0.25) is 5.02 Å². The first-order valence-corrected chi connectivity index (χ1v) is 14.0. The number of urea groups is 1. The fraction of sp³-hybridized carbons (Fsp3) is 0.320. The van der Waals surface area contributed by atoms with Crippen molar-refractivity contribution in [3.8, 4) is 17.0 Å². The molecule has 1 heterocycles. The lowest BCUT2D eigenvalue weighted by Gasteiger charge is -2.35. The lowest BCUT2D eigenvalue weighted by molar-refractivity contribution is 0.0940. The van der Waals surface area contributed by atoms with E-state index in [2.05, 4.69) is 15.6 Å². The Hall–Kier alpha value is -3.68. The van der Waals surface area contributed by atoms with Gasteiger partial charge in [-0.3, -0.25) is 10.2 Å². The van der Waals surface area contributed by atoms with Gasteiger partial charge < -0.3 is 19.9 Å². The maximum atomic E-state index is 14.5. The minimum absolute atomic E-state index is 0.166. The van der Waals surface area contributed by atoms with Crippen molar-refractivity contribution >= 4 is 33.6 Å². The highest BCUT2D eigenvalue weighted by Crippen LogP contribution is 2.29. The van der Waals surface area contributed by atoms with Crippen molar-refractivity contribution < 1.29 is 27.1 Å². The predicted molar refractivity (Wildman–Crippen MR) is 143 cm³/mol. The third-order valence-electron chi connectivity index (χ3n) is 6.23. The summed E-state index contributed by atoms with van der Waals surface area (Å²) in [5.74, 6) is -1.75. The molecule has 39 heavy (non-hydrogen) atoms. The quantitative estimate of drug-likeness (QED) is 0.272. The zero-order chi connectivity index (χ0) is 28.2. The molecule has 14 heteroatoms. The summed E-state index contributed by atoms with van der Waals surface area (Å²) in [6.07, 6.45) is 4.12. The number of hydrazine groups is 1. The van der Waals surface area contributed by atoms with Crippen molar-refractivity contribution in [3.05, 3.63) is 70.9 Å². The van der Waals surface area contributed by atoms with Crippen LogP contribution >= 0.6 is 11.6 Å². The minimum atomic E-state index is -3.92. The van der Waals surface area contributed by atoms with Crippen molar-refractivity contribution in [2.75, 3.05) is 12.9 Å². The van der Waals surface area contributed by atoms with Gasteiger partial charge in [-0.2, -0.15) is 0 Å². The smallest absolute Gasteiger partial charge is 0.315 e. The number of ether oxygens (including phenoxy) is 1. The Morgan fingerprint density at radius 1 is 1.21 bits per heavy atom. The highest BCUT2D eigenvalue weighted by atomic mass is 35.5. The third kappa shape index (κ3) is 7.46. The van der Waals surface area contributed by atoms with Crippen LogP contribution in [0, 0.1) is 11.7 Å². The van der Waals surface area contributed by atoms with E-state index in [-0.39, 0.29) is 28.8 Å². The molecule has 0 aliphatic heterocycles. The van der Waals surface area contributed by atoms with Crippen molar-refractivity contribution in [1.82, 2.24) is 30.4 Å². The van der Waals surface area contributed by atoms with E-state index in [9.17, 15) is 22.4 Å². The summed E-state index contributed by atoms with van der Waals surface area (Å²) in [6.45, 7) is 0.334. The summed E-state index contributed by atoms with van der Waals surface area (Å²) in [5.41, 5.74) is 3.38. The maximum absolute atomic E-state index is 14.5. The van der Waals surface area contributed by atoms with Crippen molar-refractivity contribution in [1.29, 1.82) is 0 Å². The van der Waals surface area contributed by atoms with E-state index in [0.717, 1.165) is 11.3 Å². The molecule has 0 saturated heterocycles. The summed E-state index contributed by atoms with van der Waals surface area (Å²) in [5, 5.41) is 5.27. The Labute approximate surface area is 230 Å². The van der Waals surface area contributed by atoms with Gasteiger partial charge in [0.25, 0.3) is 5.91 Å². The van der Waals surface area contributed by atoms with E-state index in [4.69, 9.17) is 16.3 Å². The molecule has 0 radical (unpaired) electrons. The number of imidazole rings is 1. The molecule has 208 valence electrons. The van der Waals surface area contributed by atoms with E-state index >= 15 is 0 Å². The highest BCUT2D eigenvalue weighted by molar-refractivity contribution is 7.89. The number of carbonyl (C=O) groups excluding carboxylic acids is 2. The fourth-order valence-electron chi connectivity index (χ4n) is 4.16. The Bertz CT molecular complexity index is 1460. The molecule has 3 amide bonds. The highest BCUT2D eigenvalue weighted by Gasteiger charge is 2.34. The molecule has 0 spiro atoms. The molecule has 11 nitrogen and oxygen atoms in total. The summed E-state index contributed by atoms with van der Waals surface area (Å²) >= 11 is 5.95. The molecule has 1 aliphatic rings. The van der Waals surface area contributed by atoms with Crippen LogP contribution in [0.4, 0.5) is 9.18 Å². The van der Waals surface area contributed by atoms with Crippen molar-refractivity contribution in [2.24, 2.45) is 13.0 Å². The molecule has 2 aromatic carbocycles. The summed E-state index contributed by atoms with van der Waals surface area (Å²) < 4.78 is 46.3. The largest absolute Gasteiger partial charge is 0.497 e. The van der Waals surface area contributed by atoms with Gasteiger partial charge in [0.15, 0.2) is 5.82 Å². The topological polar surface area (TPSA) is 143 Å². The number of rotatable bonds is 10. The number of amides is 3. The van der Waals surface area contributed by atoms with Crippen LogP contribution in [-0.4, -0.2) is 48.8 Å². The molecular formula is C25H28ClFN6O5S. The second-order valence-corrected chi connectivity index (χ2v) is 11.5. The molecule has 4 rings (SSSR count). The maximum Gasteiger partial charge on any atom is 0.315 e. The summed E-state index contributed by atoms with van der Waals surface area (Å²) in [7, 11) is -0.594. The SMILES string of the molecule is COc1ccc(CNC(=O)NC2CC(CS(=O)(=O)NNC(=O)c3cc(-c4cn(C)cn4)cc(Cl)c3F)C2)cc1. The van der Waals surface area contributed by atoms with E-state index in [1.807, 2.05) is 22.4 Å². The number of carbonyl (C=O) groups is 2. The molecule has 0 bridgehead atoms. The summed E-state index contributed by atoms with van der Waals surface area (Å²) in [4.78, 5) is 30.9. The van der Waals surface area contributed by atoms with Crippen LogP contribution in [0.1, 0.15) is 28.8 Å². The number of nitrogens with one attached hydrogen (secondary N) is 4. The normalized spacial score (nSPS) is 16.7. The Kier molecular flexibility index (Phi) is 8.73. The number of hydrogen-bond donors (Lipinski definition) is 4. The number of sulfonamides is 1. The minimum Gasteiger partial charge on any atom is -0.497 e. The van der Waals surface area contributed by atoms with E-state index in [1.54, 1.807) is 37.1 Å². The van der Waals surface area contributed by atoms with Crippen LogP contribution in [0.25, 0.3) is 11.3 Å². The number of halogens is 2. The number of benzene rings is 2. The van der Waals surface area contributed by atoms with Gasteiger partial charge in [-0.15, -0.1) is 4.83 Å². The predicted octanol–water partition coefficient (Wildman–Crippen LogP) is 2.73. The average Bonchev–Trinajstić information content (AvgIpc) is 3.32. The van der Waals surface area contributed by atoms with Crippen LogP contribution < -0.4 is 25.6 Å². The first-order chi connectivity index (χ1) is 18.5. The zero-order valence-electron chi connectivity index (χ0n) is 21.2. The molecule has 1 saturated carbocycles. The number of aryl methyl sites for hydroxylation is 1. The number of hydrogen-bond acceptors (Lipinski definition) is 6. The number of aromatic nitrogens is 2. The van der Waals surface area contributed by atoms with Gasteiger partial charge in [-0.25, -0.2) is 22.6 Å². The van der Waals surface area contributed by atoms with Crippen molar-refractivity contribution in [3.63, 3.8) is 0 Å². The van der Waals surface area contributed by atoms with Gasteiger partial charge in [0.05, 0.1) is 35.5 Å². The molecule has 3 aromatic rings. The molecule has 0 unspecified atom stereocenters. The van der Waals surface area contributed by atoms with Crippen LogP contribution in [0.5, 0.6) is 5.75 Å². The standard InChI is InChI=1S/C25H28ClFN6O5S/c1-33-12-22(29-14-33)17-9-20(23(27)21(26)10-17)24(34)31-32-39(36,37)13-16-7-18(8-16)30-25(35)28-11-15-3-5-19(38-2)6-4-15/h3-6,9-10,12,14,16,18,32H,7-8,11,13H2,1-2H3,(H,31,34)(H2,28,30,35).